The molecule has 0 radical (unpaired) electrons. The summed E-state index contributed by atoms with van der Waals surface area (Å²) in [7, 11) is 0. The number of esters is 2. The number of carbonyl (C=O) groups is 2. The van der Waals surface area contributed by atoms with Gasteiger partial charge in [0.1, 0.15) is 25.4 Å². The number of hydrogen-bond acceptors (Lipinski definition) is 10. The molecule has 0 amide bonds. The molecule has 2 atom stereocenters. The standard InChI is InChI=1S/C24H24N2O10/c27-19(35-11-13-9-33-13)3-1-5-25-21(29)15-7-17-18(8-16(15)22(25)30)24(32)26(23(17)31)6-2-4-20(28)36-12-14-10-34-14/h7-8,13-14H,1-6,9-12H2. The predicted molar refractivity (Wildman–Crippen MR) is 125 cm³/mol. The molecule has 190 valence electrons. The highest BCUT2D eigenvalue weighted by atomic mass is 16.6. The van der Waals surface area contributed by atoms with Crippen LogP contribution in [-0.2, 0) is 41.6 Å². The fourth-order valence-corrected chi connectivity index (χ4v) is 4.09. The van der Waals surface area contributed by atoms with E-state index >= 15 is 0 Å². The Morgan fingerprint density at radius 2 is 1.03 bits per heavy atom. The molecule has 5 rings (SSSR count). The summed E-state index contributed by atoms with van der Waals surface area (Å²) in [5.41, 5.74) is -2.34. The topological polar surface area (TPSA) is 156 Å². The zero-order chi connectivity index (χ0) is 25.4. The fraction of sp³-hybridized carbons (Fsp3) is 0.500. The van der Waals surface area contributed by atoms with E-state index in [1.807, 2.05) is 0 Å². The largest absolute Gasteiger partial charge is 0.463 e. The molecular weight excluding hydrogens is 476 g/mol. The van der Waals surface area contributed by atoms with Gasteiger partial charge in [0.15, 0.2) is 0 Å². The van der Waals surface area contributed by atoms with E-state index in [0.717, 1.165) is 9.13 Å². The number of benzene rings is 1. The predicted octanol–water partition coefficient (Wildman–Crippen LogP) is -0.643. The summed E-state index contributed by atoms with van der Waals surface area (Å²) < 4.78 is 22.0. The lowest BCUT2D eigenvalue weighted by Gasteiger charge is -2.03. The van der Waals surface area contributed by atoms with Crippen molar-refractivity contribution in [3.63, 3.8) is 0 Å². The molecule has 4 heterocycles. The average Bonchev–Trinajstić information content (AvgIpc) is 3.79. The average molecular weight is 500 g/mol. The number of epoxide rings is 2. The van der Waals surface area contributed by atoms with Crippen LogP contribution in [0, 0.1) is 0 Å². The molecule has 2 fully saturated rings. The molecule has 2 aliphatic rings. The van der Waals surface area contributed by atoms with Crippen molar-refractivity contribution in [1.82, 2.24) is 9.13 Å². The van der Waals surface area contributed by atoms with Gasteiger partial charge in [0.25, 0.3) is 22.2 Å². The van der Waals surface area contributed by atoms with Crippen molar-refractivity contribution in [2.24, 2.45) is 0 Å². The lowest BCUT2D eigenvalue weighted by atomic mass is 10.1. The first-order valence-electron chi connectivity index (χ1n) is 11.8. The number of ether oxygens (including phenoxy) is 4. The van der Waals surface area contributed by atoms with Crippen molar-refractivity contribution in [2.45, 2.75) is 51.0 Å². The number of nitrogens with zero attached hydrogens (tertiary/aromatic N) is 2. The zero-order valence-corrected chi connectivity index (χ0v) is 19.4. The fourth-order valence-electron chi connectivity index (χ4n) is 4.09. The van der Waals surface area contributed by atoms with Crippen molar-refractivity contribution in [2.75, 3.05) is 26.4 Å². The van der Waals surface area contributed by atoms with E-state index in [4.69, 9.17) is 18.9 Å². The third-order valence-corrected chi connectivity index (χ3v) is 6.25. The van der Waals surface area contributed by atoms with Gasteiger partial charge in [0, 0.05) is 25.9 Å². The molecule has 36 heavy (non-hydrogen) atoms. The summed E-state index contributed by atoms with van der Waals surface area (Å²) in [6.07, 6.45) is 0.415. The van der Waals surface area contributed by atoms with E-state index in [1.54, 1.807) is 0 Å². The van der Waals surface area contributed by atoms with E-state index in [1.165, 1.54) is 12.1 Å². The van der Waals surface area contributed by atoms with Crippen LogP contribution in [0.4, 0.5) is 0 Å². The maximum absolute atomic E-state index is 12.8. The Morgan fingerprint density at radius 1 is 0.694 bits per heavy atom. The maximum atomic E-state index is 12.8. The third-order valence-electron chi connectivity index (χ3n) is 6.25. The van der Waals surface area contributed by atoms with Crippen molar-refractivity contribution in [3.05, 3.63) is 53.5 Å². The van der Waals surface area contributed by atoms with Gasteiger partial charge in [-0.3, -0.25) is 37.9 Å². The Balaban J connectivity index is 1.28. The molecule has 2 aliphatic heterocycles. The van der Waals surface area contributed by atoms with Crippen LogP contribution < -0.4 is 22.2 Å². The van der Waals surface area contributed by atoms with Crippen LogP contribution in [0.2, 0.25) is 0 Å². The maximum Gasteiger partial charge on any atom is 0.305 e. The molecule has 0 bridgehead atoms. The summed E-state index contributed by atoms with van der Waals surface area (Å²) >= 11 is 0. The van der Waals surface area contributed by atoms with Gasteiger partial charge in [0.2, 0.25) is 0 Å². The highest BCUT2D eigenvalue weighted by molar-refractivity contribution is 5.97. The molecular formula is C24H24N2O10. The Morgan fingerprint density at radius 3 is 1.33 bits per heavy atom. The van der Waals surface area contributed by atoms with Crippen LogP contribution in [0.15, 0.2) is 31.3 Å². The zero-order valence-electron chi connectivity index (χ0n) is 19.4. The molecule has 12 nitrogen and oxygen atoms in total. The third kappa shape index (κ3) is 5.00. The molecule has 0 N–H and O–H groups in total. The first-order chi connectivity index (χ1) is 17.3. The lowest BCUT2D eigenvalue weighted by molar-refractivity contribution is -0.145. The quantitative estimate of drug-likeness (QED) is 0.231. The van der Waals surface area contributed by atoms with Crippen molar-refractivity contribution in [3.8, 4) is 0 Å². The molecule has 0 saturated carbocycles. The van der Waals surface area contributed by atoms with Crippen LogP contribution in [0.1, 0.15) is 25.7 Å². The highest BCUT2D eigenvalue weighted by Crippen LogP contribution is 2.15. The van der Waals surface area contributed by atoms with Gasteiger partial charge in [-0.15, -0.1) is 0 Å². The first-order valence-corrected chi connectivity index (χ1v) is 11.8. The summed E-state index contributed by atoms with van der Waals surface area (Å²) in [6.45, 7) is 1.53. The number of hydrogen-bond donors (Lipinski definition) is 0. The second kappa shape index (κ2) is 9.78. The Kier molecular flexibility index (Phi) is 6.54. The van der Waals surface area contributed by atoms with Gasteiger partial charge in [-0.25, -0.2) is 0 Å². The van der Waals surface area contributed by atoms with Gasteiger partial charge < -0.3 is 18.9 Å². The van der Waals surface area contributed by atoms with Gasteiger partial charge in [-0.05, 0) is 25.0 Å². The summed E-state index contributed by atoms with van der Waals surface area (Å²) in [6, 6.07) is 2.55. The van der Waals surface area contributed by atoms with E-state index in [-0.39, 0.29) is 85.7 Å². The van der Waals surface area contributed by atoms with E-state index < -0.39 is 34.2 Å². The number of fused-ring (bicyclic) bond motifs is 2. The van der Waals surface area contributed by atoms with Crippen molar-refractivity contribution in [1.29, 1.82) is 0 Å². The minimum absolute atomic E-state index is 0.00301. The van der Waals surface area contributed by atoms with Crippen molar-refractivity contribution < 1.29 is 28.5 Å². The molecule has 1 aromatic carbocycles. The second-order valence-corrected chi connectivity index (χ2v) is 8.95. The smallest absolute Gasteiger partial charge is 0.305 e. The normalized spacial score (nSPS) is 18.6. The van der Waals surface area contributed by atoms with E-state index in [0.29, 0.717) is 13.2 Å². The Hall–Kier alpha value is -3.64. The van der Waals surface area contributed by atoms with Gasteiger partial charge in [0.05, 0.1) is 34.8 Å². The monoisotopic (exact) mass is 500 g/mol. The van der Waals surface area contributed by atoms with Gasteiger partial charge in [-0.1, -0.05) is 0 Å². The minimum Gasteiger partial charge on any atom is -0.463 e. The molecule has 2 saturated heterocycles. The Labute approximate surface area is 202 Å². The van der Waals surface area contributed by atoms with E-state index in [9.17, 15) is 28.8 Å². The van der Waals surface area contributed by atoms with Crippen LogP contribution in [0.25, 0.3) is 21.5 Å². The summed E-state index contributed by atoms with van der Waals surface area (Å²) in [5.74, 6) is -0.884. The molecule has 3 aromatic rings. The molecule has 0 spiro atoms. The number of rotatable bonds is 12. The number of carbonyl (C=O) groups excluding carboxylic acids is 2. The number of aromatic nitrogens is 2. The SMILES string of the molecule is O=C(CCCn1c(=O)c2cc3c(=O)n(CCCC(=O)OCC4CO4)c(=O)c3cc2c1=O)OCC1CO1. The van der Waals surface area contributed by atoms with Gasteiger partial charge in [-0.2, -0.15) is 0 Å². The van der Waals surface area contributed by atoms with Crippen LogP contribution in [-0.4, -0.2) is 59.7 Å². The van der Waals surface area contributed by atoms with E-state index in [2.05, 4.69) is 0 Å². The second-order valence-electron chi connectivity index (χ2n) is 8.95. The van der Waals surface area contributed by atoms with Crippen molar-refractivity contribution >= 4 is 33.5 Å². The molecule has 12 heteroatoms. The van der Waals surface area contributed by atoms with Crippen LogP contribution in [0.5, 0.6) is 0 Å². The van der Waals surface area contributed by atoms with Gasteiger partial charge >= 0.3 is 11.9 Å². The van der Waals surface area contributed by atoms with Crippen LogP contribution >= 0.6 is 0 Å². The van der Waals surface area contributed by atoms with Crippen LogP contribution in [0.3, 0.4) is 0 Å². The molecule has 2 aromatic heterocycles. The highest BCUT2D eigenvalue weighted by Gasteiger charge is 2.25. The molecule has 0 aliphatic carbocycles. The minimum atomic E-state index is -0.585. The Bertz CT molecular complexity index is 1340. The summed E-state index contributed by atoms with van der Waals surface area (Å²) in [5, 5.41) is 0.171. The molecule has 2 unspecified atom stereocenters. The summed E-state index contributed by atoms with van der Waals surface area (Å²) in [4.78, 5) is 74.9. The first kappa shape index (κ1) is 24.1. The lowest BCUT2D eigenvalue weighted by Crippen LogP contribution is -2.26.